The first kappa shape index (κ1) is 48.6. The predicted octanol–water partition coefficient (Wildman–Crippen LogP) is 16.2. The molecule has 1 aliphatic rings. The number of allylic oxidation sites excluding steroid dienone is 2. The largest absolute Gasteiger partial charge is 0.512 e. The molecule has 0 aliphatic heterocycles. The van der Waals surface area contributed by atoms with Crippen LogP contribution in [0.2, 0.25) is 0 Å². The zero-order chi connectivity index (χ0) is 42.8. The molecular weight excluding hydrogens is 940 g/mol. The number of alkyl halides is 3. The summed E-state index contributed by atoms with van der Waals surface area (Å²) in [5.74, 6) is 0.920. The number of rotatable bonds is 11. The normalized spacial score (nSPS) is 18.0. The Morgan fingerprint density at radius 2 is 1.49 bits per heavy atom. The molecule has 1 saturated carbocycles. The molecule has 2 aromatic heterocycles. The summed E-state index contributed by atoms with van der Waals surface area (Å²) in [7, 11) is 0. The molecule has 1 fully saturated rings. The molecule has 3 nitrogen and oxygen atoms in total. The van der Waals surface area contributed by atoms with Gasteiger partial charge in [0.25, 0.3) is 0 Å². The van der Waals surface area contributed by atoms with Gasteiger partial charge in [0.05, 0.1) is 11.2 Å². The minimum atomic E-state index is -4.18. The van der Waals surface area contributed by atoms with Crippen LogP contribution in [-0.4, -0.2) is 22.1 Å². The van der Waals surface area contributed by atoms with Gasteiger partial charge in [-0.25, -0.2) is 0 Å². The maximum absolute atomic E-state index is 13.7. The van der Waals surface area contributed by atoms with Gasteiger partial charge in [-0.3, -0.25) is 9.78 Å². The van der Waals surface area contributed by atoms with Gasteiger partial charge in [0, 0.05) is 64.7 Å². The Kier molecular flexibility index (Phi) is 15.9. The van der Waals surface area contributed by atoms with E-state index in [1.165, 1.54) is 62.2 Å². The van der Waals surface area contributed by atoms with Crippen molar-refractivity contribution >= 4 is 48.1 Å². The van der Waals surface area contributed by atoms with Crippen molar-refractivity contribution in [2.45, 2.75) is 151 Å². The molecule has 0 spiro atoms. The Hall–Kier alpha value is -3.06. The molecule has 2 heterocycles. The number of benzene rings is 3. The number of aliphatic hydroxyl groups excluding tert-OH is 1. The third-order valence-corrected chi connectivity index (χ3v) is 14.4. The van der Waals surface area contributed by atoms with Gasteiger partial charge in [-0.1, -0.05) is 111 Å². The van der Waals surface area contributed by atoms with Crippen LogP contribution >= 0.6 is 11.3 Å². The molecule has 5 aromatic rings. The zero-order valence-corrected chi connectivity index (χ0v) is 40.3. The number of aryl methyl sites for hydroxylation is 1. The van der Waals surface area contributed by atoms with Crippen LogP contribution in [0.1, 0.15) is 150 Å². The summed E-state index contributed by atoms with van der Waals surface area (Å²) in [6, 6.07) is 21.1. The zero-order valence-electron chi connectivity index (χ0n) is 37.0. The average Bonchev–Trinajstić information content (AvgIpc) is 3.55. The fourth-order valence-corrected chi connectivity index (χ4v) is 10.6. The van der Waals surface area contributed by atoms with E-state index in [0.717, 1.165) is 68.0 Å². The number of ketones is 1. The summed E-state index contributed by atoms with van der Waals surface area (Å²) >= 11 is 1.81. The van der Waals surface area contributed by atoms with E-state index in [1.54, 1.807) is 0 Å². The number of carbonyl (C=O) groups excluding carboxylic acids is 1. The maximum atomic E-state index is 13.7. The Labute approximate surface area is 369 Å². The average molecular weight is 1010 g/mol. The summed E-state index contributed by atoms with van der Waals surface area (Å²) < 4.78 is 43.4. The molecule has 8 heteroatoms. The number of thiophene rings is 1. The van der Waals surface area contributed by atoms with Crippen LogP contribution in [0.4, 0.5) is 13.2 Å². The van der Waals surface area contributed by atoms with Crippen molar-refractivity contribution in [1.29, 1.82) is 0 Å². The van der Waals surface area contributed by atoms with Crippen LogP contribution in [0.5, 0.6) is 0 Å². The second-order valence-electron chi connectivity index (χ2n) is 18.8. The van der Waals surface area contributed by atoms with Gasteiger partial charge < -0.3 is 5.11 Å². The molecule has 0 amide bonds. The second-order valence-corrected chi connectivity index (χ2v) is 19.8. The third kappa shape index (κ3) is 10.7. The number of fused-ring (bicyclic) bond motifs is 4. The van der Waals surface area contributed by atoms with Crippen LogP contribution in [-0.2, 0) is 30.3 Å². The topological polar surface area (TPSA) is 50.2 Å². The van der Waals surface area contributed by atoms with Gasteiger partial charge in [0.1, 0.15) is 0 Å². The molecule has 1 aliphatic carbocycles. The van der Waals surface area contributed by atoms with Crippen LogP contribution < -0.4 is 0 Å². The van der Waals surface area contributed by atoms with Gasteiger partial charge in [-0.05, 0) is 104 Å². The summed E-state index contributed by atoms with van der Waals surface area (Å²) in [4.78, 5) is 16.6. The number of pyridine rings is 1. The monoisotopic (exact) mass is 1010 g/mol. The number of aromatic nitrogens is 1. The van der Waals surface area contributed by atoms with Crippen LogP contribution in [0.15, 0.2) is 66.6 Å². The molecule has 0 saturated heterocycles. The third-order valence-electron chi connectivity index (χ3n) is 13.0. The number of aliphatic hydroxyl groups is 1. The molecule has 3 aromatic carbocycles. The van der Waals surface area contributed by atoms with Crippen LogP contribution in [0, 0.1) is 35.7 Å². The minimum Gasteiger partial charge on any atom is -0.512 e. The van der Waals surface area contributed by atoms with E-state index in [2.05, 4.69) is 89.2 Å². The van der Waals surface area contributed by atoms with Gasteiger partial charge in [-0.2, -0.15) is 13.2 Å². The van der Waals surface area contributed by atoms with Crippen LogP contribution in [0.25, 0.3) is 42.2 Å². The maximum Gasteiger partial charge on any atom is 0.393 e. The van der Waals surface area contributed by atoms with E-state index >= 15 is 0 Å². The first-order valence-electron chi connectivity index (χ1n) is 21.5. The molecule has 6 rings (SSSR count). The van der Waals surface area contributed by atoms with Gasteiger partial charge >= 0.3 is 6.18 Å². The molecule has 0 unspecified atom stereocenters. The predicted molar refractivity (Wildman–Crippen MR) is 240 cm³/mol. The Balaban J connectivity index is 0.000000411. The summed E-state index contributed by atoms with van der Waals surface area (Å²) in [6.45, 7) is 21.8. The van der Waals surface area contributed by atoms with Crippen molar-refractivity contribution in [3.63, 3.8) is 0 Å². The van der Waals surface area contributed by atoms with E-state index in [0.29, 0.717) is 5.92 Å². The quantitative estimate of drug-likeness (QED) is 0.0815. The van der Waals surface area contributed by atoms with Gasteiger partial charge in [-0.15, -0.1) is 40.5 Å². The standard InChI is InChI=1S/C38H41F3NS.C13H24O2.Ir/c1-23-27(24-14-17-37(7,18-15-24)22-36(5,6)38(39,40)41)12-13-29-30-16-19-42-32(34(30)43-33(23)29)26-20-25-10-8-9-11-28(25)31(21-26)35(2,3)4;1-5-10(6-2)12(14)9-13(15)11(7-3)8-4;/h8-13,16,19,21,24H,14-15,17-18,22H2,1-7H3;9-11,14H,5-8H2,1-4H3;/q-1;;/b;12-9-;. The molecule has 0 bridgehead atoms. The SMILES string of the molecule is CCC(CC)C(=O)/C=C(\O)C(CC)CC.Cc1c(C2CCC(C)(CC(C)(C)C(F)(F)F)CC2)ccc2c1sc1c(-c3[c-]c4ccccc4c(C(C)(C)C)c3)nccc12.[Ir]. The van der Waals surface area contributed by atoms with E-state index in [-0.39, 0.29) is 60.7 Å². The first-order valence-corrected chi connectivity index (χ1v) is 22.3. The van der Waals surface area contributed by atoms with E-state index in [1.807, 2.05) is 45.2 Å². The summed E-state index contributed by atoms with van der Waals surface area (Å²) in [5.41, 5.74) is 3.95. The fraction of sp³-hybridized carbons (Fsp3) is 0.529. The van der Waals surface area contributed by atoms with E-state index in [9.17, 15) is 23.1 Å². The number of hydrogen-bond donors (Lipinski definition) is 1. The fourth-order valence-electron chi connectivity index (χ4n) is 9.28. The molecular formula is C51H65F3IrNO2S-. The Morgan fingerprint density at radius 1 is 0.898 bits per heavy atom. The van der Waals surface area contributed by atoms with E-state index in [4.69, 9.17) is 4.98 Å². The van der Waals surface area contributed by atoms with Crippen molar-refractivity contribution in [1.82, 2.24) is 4.98 Å². The van der Waals surface area contributed by atoms with Crippen molar-refractivity contribution < 1.29 is 43.2 Å². The molecule has 1 radical (unpaired) electrons. The van der Waals surface area contributed by atoms with Crippen molar-refractivity contribution in [2.24, 2.45) is 22.7 Å². The molecule has 59 heavy (non-hydrogen) atoms. The minimum absolute atomic E-state index is 0. The number of nitrogens with zero attached hydrogens (tertiary/aromatic N) is 1. The first-order chi connectivity index (χ1) is 27.2. The van der Waals surface area contributed by atoms with Crippen LogP contribution in [0.3, 0.4) is 0 Å². The van der Waals surface area contributed by atoms with Crippen molar-refractivity contribution in [3.8, 4) is 11.3 Å². The Bertz CT molecular complexity index is 2250. The number of carbonyl (C=O) groups is 1. The number of hydrogen-bond acceptors (Lipinski definition) is 4. The second kappa shape index (κ2) is 19.3. The van der Waals surface area contributed by atoms with Gasteiger partial charge in [0.2, 0.25) is 0 Å². The Morgan fingerprint density at radius 3 is 2.07 bits per heavy atom. The van der Waals surface area contributed by atoms with Crippen molar-refractivity contribution in [3.05, 3.63) is 89.3 Å². The summed E-state index contributed by atoms with van der Waals surface area (Å²) in [6.07, 6.45) is 6.32. The van der Waals surface area contributed by atoms with Crippen molar-refractivity contribution in [2.75, 3.05) is 0 Å². The number of halogens is 3. The van der Waals surface area contributed by atoms with E-state index < -0.39 is 11.6 Å². The molecule has 0 atom stereocenters. The molecule has 1 N–H and O–H groups in total. The molecule has 323 valence electrons. The smallest absolute Gasteiger partial charge is 0.393 e. The van der Waals surface area contributed by atoms with Gasteiger partial charge in [0.15, 0.2) is 5.78 Å². The summed E-state index contributed by atoms with van der Waals surface area (Å²) in [5, 5.41) is 14.5.